The van der Waals surface area contributed by atoms with E-state index in [0.29, 0.717) is 22.8 Å². The molecule has 0 bridgehead atoms. The third kappa shape index (κ3) is 6.30. The number of nitrogens with zero attached hydrogens (tertiary/aromatic N) is 3. The number of amides is 2. The zero-order chi connectivity index (χ0) is 24.7. The number of primary amides is 1. The number of hydrogen-bond donors (Lipinski definition) is 3. The summed E-state index contributed by atoms with van der Waals surface area (Å²) in [6, 6.07) is 11.9. The molecular formula is C22H23ClN6O5. The van der Waals surface area contributed by atoms with Crippen LogP contribution in [0.25, 0.3) is 0 Å². The van der Waals surface area contributed by atoms with Crippen molar-refractivity contribution in [1.82, 2.24) is 20.5 Å². The van der Waals surface area contributed by atoms with Gasteiger partial charge in [-0.1, -0.05) is 23.7 Å². The molecule has 34 heavy (non-hydrogen) atoms. The summed E-state index contributed by atoms with van der Waals surface area (Å²) in [6.45, 7) is 2.03. The summed E-state index contributed by atoms with van der Waals surface area (Å²) in [5, 5.41) is 13.4. The number of pyridine rings is 1. The Hall–Kier alpha value is -3.96. The molecule has 0 fully saturated rings. The molecular weight excluding hydrogens is 464 g/mol. The first-order chi connectivity index (χ1) is 16.3. The highest BCUT2D eigenvalue weighted by Crippen LogP contribution is 2.33. The Balaban J connectivity index is 1.80. The van der Waals surface area contributed by atoms with Crippen LogP contribution in [-0.2, 0) is 11.3 Å². The van der Waals surface area contributed by atoms with Crippen molar-refractivity contribution in [1.29, 1.82) is 0 Å². The van der Waals surface area contributed by atoms with E-state index in [1.165, 1.54) is 26.3 Å². The number of ether oxygens (including phenoxy) is 3. The number of halogens is 1. The van der Waals surface area contributed by atoms with Crippen LogP contribution >= 0.6 is 11.6 Å². The molecule has 1 unspecified atom stereocenters. The van der Waals surface area contributed by atoms with Gasteiger partial charge in [0.25, 0.3) is 5.91 Å². The summed E-state index contributed by atoms with van der Waals surface area (Å²) < 4.78 is 16.2. The molecule has 0 aliphatic carbocycles. The molecule has 0 saturated carbocycles. The molecule has 3 aromatic rings. The second-order valence-electron chi connectivity index (χ2n) is 6.93. The molecule has 12 heteroatoms. The minimum Gasteiger partial charge on any atom is -0.495 e. The predicted molar refractivity (Wildman–Crippen MR) is 124 cm³/mol. The number of carbonyl (C=O) groups is 2. The van der Waals surface area contributed by atoms with Gasteiger partial charge in [0.2, 0.25) is 5.88 Å². The topological polar surface area (TPSA) is 151 Å². The maximum atomic E-state index is 12.2. The molecule has 178 valence electrons. The highest BCUT2D eigenvalue weighted by molar-refractivity contribution is 6.29. The van der Waals surface area contributed by atoms with Gasteiger partial charge in [-0.15, -0.1) is 10.2 Å². The highest BCUT2D eigenvalue weighted by Gasteiger charge is 2.17. The smallest absolute Gasteiger partial charge is 0.411 e. The maximum absolute atomic E-state index is 12.2. The number of benzene rings is 1. The molecule has 0 aliphatic rings. The van der Waals surface area contributed by atoms with Crippen LogP contribution in [0.2, 0.25) is 5.15 Å². The first kappa shape index (κ1) is 24.7. The van der Waals surface area contributed by atoms with Gasteiger partial charge in [-0.25, -0.2) is 9.78 Å². The molecule has 0 saturated heterocycles. The quantitative estimate of drug-likeness (QED) is 0.413. The standard InChI is InChI=1S/C22H23ClN6O5/c1-12(33-11-14-5-4-6-19(26-14)34-22(24)31)13-7-8-17(32-3)15(9-13)27-16-10-18(23)28-29-20(16)21(30)25-2/h4-10,12H,11H2,1-3H3,(H2,24,31)(H,25,30)(H,27,28). The summed E-state index contributed by atoms with van der Waals surface area (Å²) in [7, 11) is 3.03. The molecule has 0 aliphatic heterocycles. The first-order valence-electron chi connectivity index (χ1n) is 10.1. The Morgan fingerprint density at radius 2 is 1.94 bits per heavy atom. The number of methoxy groups -OCH3 is 1. The number of nitrogens with one attached hydrogen (secondary N) is 2. The van der Waals surface area contributed by atoms with E-state index < -0.39 is 12.0 Å². The van der Waals surface area contributed by atoms with E-state index in [2.05, 4.69) is 25.8 Å². The predicted octanol–water partition coefficient (Wildman–Crippen LogP) is 3.37. The Labute approximate surface area is 200 Å². The third-order valence-corrected chi connectivity index (χ3v) is 4.82. The maximum Gasteiger partial charge on any atom is 0.411 e. The van der Waals surface area contributed by atoms with Crippen molar-refractivity contribution >= 4 is 35.0 Å². The molecule has 1 aromatic carbocycles. The average Bonchev–Trinajstić information content (AvgIpc) is 2.82. The van der Waals surface area contributed by atoms with Crippen molar-refractivity contribution < 1.29 is 23.8 Å². The van der Waals surface area contributed by atoms with Gasteiger partial charge in [0, 0.05) is 19.2 Å². The van der Waals surface area contributed by atoms with Gasteiger partial charge in [-0.3, -0.25) is 4.79 Å². The van der Waals surface area contributed by atoms with Gasteiger partial charge in [0.05, 0.1) is 36.9 Å². The van der Waals surface area contributed by atoms with Gasteiger partial charge in [0.15, 0.2) is 10.8 Å². The fraction of sp³-hybridized carbons (Fsp3) is 0.227. The fourth-order valence-electron chi connectivity index (χ4n) is 2.98. The van der Waals surface area contributed by atoms with Crippen molar-refractivity contribution in [3.8, 4) is 11.6 Å². The van der Waals surface area contributed by atoms with Crippen LogP contribution < -0.4 is 25.8 Å². The minimum absolute atomic E-state index is 0.0767. The Kier molecular flexibility index (Phi) is 8.17. The SMILES string of the molecule is CNC(=O)c1nnc(Cl)cc1Nc1cc(C(C)OCc2cccc(OC(N)=O)n2)ccc1OC. The number of carbonyl (C=O) groups excluding carboxylic acids is 2. The van der Waals surface area contributed by atoms with Crippen LogP contribution in [0.4, 0.5) is 16.2 Å². The van der Waals surface area contributed by atoms with Crippen LogP contribution in [0.1, 0.15) is 34.8 Å². The zero-order valence-electron chi connectivity index (χ0n) is 18.7. The normalized spacial score (nSPS) is 11.4. The van der Waals surface area contributed by atoms with E-state index in [0.717, 1.165) is 5.56 Å². The molecule has 2 amide bonds. The van der Waals surface area contributed by atoms with Gasteiger partial charge < -0.3 is 30.6 Å². The second-order valence-corrected chi connectivity index (χ2v) is 7.32. The lowest BCUT2D eigenvalue weighted by Crippen LogP contribution is -2.21. The van der Waals surface area contributed by atoms with Crippen LogP contribution in [0.3, 0.4) is 0 Å². The summed E-state index contributed by atoms with van der Waals surface area (Å²) >= 11 is 5.99. The van der Waals surface area contributed by atoms with Gasteiger partial charge in [-0.05, 0) is 30.7 Å². The van der Waals surface area contributed by atoms with E-state index in [1.807, 2.05) is 19.1 Å². The van der Waals surface area contributed by atoms with Crippen molar-refractivity contribution in [2.24, 2.45) is 5.73 Å². The Morgan fingerprint density at radius 1 is 1.15 bits per heavy atom. The van der Waals surface area contributed by atoms with Crippen LogP contribution in [0.15, 0.2) is 42.5 Å². The minimum atomic E-state index is -0.942. The van der Waals surface area contributed by atoms with Crippen LogP contribution in [-0.4, -0.2) is 41.3 Å². The van der Waals surface area contributed by atoms with Crippen molar-refractivity contribution in [3.63, 3.8) is 0 Å². The molecule has 11 nitrogen and oxygen atoms in total. The number of hydrogen-bond acceptors (Lipinski definition) is 9. The lowest BCUT2D eigenvalue weighted by atomic mass is 10.1. The largest absolute Gasteiger partial charge is 0.495 e. The lowest BCUT2D eigenvalue weighted by Gasteiger charge is -2.18. The average molecular weight is 487 g/mol. The summed E-state index contributed by atoms with van der Waals surface area (Å²) in [5.41, 5.74) is 7.41. The van der Waals surface area contributed by atoms with Crippen molar-refractivity contribution in [2.45, 2.75) is 19.6 Å². The van der Waals surface area contributed by atoms with E-state index in [9.17, 15) is 9.59 Å². The molecule has 2 aromatic heterocycles. The number of nitrogens with two attached hydrogens (primary N) is 1. The number of anilines is 2. The van der Waals surface area contributed by atoms with Gasteiger partial charge in [0.1, 0.15) is 5.75 Å². The summed E-state index contributed by atoms with van der Waals surface area (Å²) in [5.74, 6) is 0.201. The van der Waals surface area contributed by atoms with E-state index in [-0.39, 0.29) is 29.4 Å². The molecule has 4 N–H and O–H groups in total. The Morgan fingerprint density at radius 3 is 2.65 bits per heavy atom. The summed E-state index contributed by atoms with van der Waals surface area (Å²) in [4.78, 5) is 27.3. The first-order valence-corrected chi connectivity index (χ1v) is 10.4. The van der Waals surface area contributed by atoms with Crippen LogP contribution in [0.5, 0.6) is 11.6 Å². The number of aromatic nitrogens is 3. The van der Waals surface area contributed by atoms with Gasteiger partial charge in [-0.2, -0.15) is 0 Å². The lowest BCUT2D eigenvalue weighted by molar-refractivity contribution is 0.0503. The third-order valence-electron chi connectivity index (χ3n) is 4.64. The molecule has 0 spiro atoms. The number of rotatable bonds is 9. The zero-order valence-corrected chi connectivity index (χ0v) is 19.4. The van der Waals surface area contributed by atoms with E-state index in [1.54, 1.807) is 18.2 Å². The molecule has 0 radical (unpaired) electrons. The van der Waals surface area contributed by atoms with E-state index >= 15 is 0 Å². The fourth-order valence-corrected chi connectivity index (χ4v) is 3.12. The molecule has 1 atom stereocenters. The van der Waals surface area contributed by atoms with Gasteiger partial charge >= 0.3 is 6.09 Å². The monoisotopic (exact) mass is 486 g/mol. The second kappa shape index (κ2) is 11.3. The molecule has 3 rings (SSSR count). The van der Waals surface area contributed by atoms with Crippen molar-refractivity contribution in [2.75, 3.05) is 19.5 Å². The highest BCUT2D eigenvalue weighted by atomic mass is 35.5. The molecule has 2 heterocycles. The van der Waals surface area contributed by atoms with E-state index in [4.69, 9.17) is 31.5 Å². The van der Waals surface area contributed by atoms with Crippen LogP contribution in [0, 0.1) is 0 Å². The van der Waals surface area contributed by atoms with Crippen molar-refractivity contribution in [3.05, 3.63) is 64.6 Å². The summed E-state index contributed by atoms with van der Waals surface area (Å²) in [6.07, 6.45) is -1.28. The Bertz CT molecular complexity index is 1190.